The quantitative estimate of drug-likeness (QED) is 0.678. The van der Waals surface area contributed by atoms with Crippen molar-refractivity contribution in [1.82, 2.24) is 0 Å². The molecule has 1 unspecified atom stereocenters. The van der Waals surface area contributed by atoms with Gasteiger partial charge in [-0.2, -0.15) is 0 Å². The lowest BCUT2D eigenvalue weighted by atomic mass is 10.1. The van der Waals surface area contributed by atoms with E-state index >= 15 is 0 Å². The Hall–Kier alpha value is -2.50. The zero-order valence-electron chi connectivity index (χ0n) is 10.6. The second kappa shape index (κ2) is 5.64. The van der Waals surface area contributed by atoms with E-state index in [1.807, 2.05) is 0 Å². The van der Waals surface area contributed by atoms with Crippen LogP contribution in [0.25, 0.3) is 0 Å². The highest BCUT2D eigenvalue weighted by molar-refractivity contribution is 5.62. The minimum atomic E-state index is -0.694. The first-order valence-electron chi connectivity index (χ1n) is 5.94. The third-order valence-electron chi connectivity index (χ3n) is 2.90. The Kier molecular flexibility index (Phi) is 3.93. The van der Waals surface area contributed by atoms with E-state index in [0.717, 1.165) is 12.1 Å². The van der Waals surface area contributed by atoms with Gasteiger partial charge in [0, 0.05) is 5.56 Å². The number of benzene rings is 2. The summed E-state index contributed by atoms with van der Waals surface area (Å²) in [4.78, 5) is 10.2. The summed E-state index contributed by atoms with van der Waals surface area (Å²) < 4.78 is 26.7. The summed E-state index contributed by atoms with van der Waals surface area (Å²) in [6, 6.07) is 8.86. The first-order valence-corrected chi connectivity index (χ1v) is 5.94. The molecule has 0 aliphatic rings. The molecular formula is C14H12F2N2O2. The van der Waals surface area contributed by atoms with Crippen molar-refractivity contribution in [3.63, 3.8) is 0 Å². The molecule has 1 atom stereocenters. The first-order chi connectivity index (χ1) is 9.49. The number of nitrogens with one attached hydrogen (secondary N) is 1. The number of anilines is 1. The monoisotopic (exact) mass is 278 g/mol. The van der Waals surface area contributed by atoms with Gasteiger partial charge < -0.3 is 5.32 Å². The zero-order chi connectivity index (χ0) is 14.7. The lowest BCUT2D eigenvalue weighted by Gasteiger charge is -2.16. The molecule has 0 saturated carbocycles. The molecule has 0 amide bonds. The number of nitrogens with zero attached hydrogens (tertiary/aromatic N) is 1. The molecular weight excluding hydrogens is 266 g/mol. The lowest BCUT2D eigenvalue weighted by Crippen LogP contribution is -2.10. The fourth-order valence-electron chi connectivity index (χ4n) is 1.92. The maximum Gasteiger partial charge on any atom is 0.295 e. The highest BCUT2D eigenvalue weighted by atomic mass is 19.1. The predicted molar refractivity (Wildman–Crippen MR) is 71.5 cm³/mol. The molecule has 1 N–H and O–H groups in total. The summed E-state index contributed by atoms with van der Waals surface area (Å²) >= 11 is 0. The van der Waals surface area contributed by atoms with E-state index in [1.54, 1.807) is 25.1 Å². The van der Waals surface area contributed by atoms with E-state index in [4.69, 9.17) is 0 Å². The Labute approximate surface area is 114 Å². The second-order valence-electron chi connectivity index (χ2n) is 4.31. The Balaban J connectivity index is 2.31. The molecule has 0 spiro atoms. The third-order valence-corrected chi connectivity index (χ3v) is 2.90. The maximum atomic E-state index is 13.6. The smallest absolute Gasteiger partial charge is 0.295 e. The molecule has 0 bridgehead atoms. The van der Waals surface area contributed by atoms with Crippen molar-refractivity contribution in [2.45, 2.75) is 13.0 Å². The average molecular weight is 278 g/mol. The zero-order valence-corrected chi connectivity index (χ0v) is 10.6. The van der Waals surface area contributed by atoms with Gasteiger partial charge in [0.2, 0.25) is 0 Å². The average Bonchev–Trinajstić information content (AvgIpc) is 2.41. The van der Waals surface area contributed by atoms with Crippen molar-refractivity contribution in [3.05, 3.63) is 69.8 Å². The van der Waals surface area contributed by atoms with Crippen LogP contribution in [0.5, 0.6) is 0 Å². The van der Waals surface area contributed by atoms with Gasteiger partial charge in [0.25, 0.3) is 5.69 Å². The van der Waals surface area contributed by atoms with Crippen molar-refractivity contribution in [3.8, 4) is 0 Å². The van der Waals surface area contributed by atoms with Gasteiger partial charge in [-0.1, -0.05) is 18.2 Å². The largest absolute Gasteiger partial charge is 0.373 e. The number of hydrogen-bond donors (Lipinski definition) is 1. The Morgan fingerprint density at radius 2 is 1.90 bits per heavy atom. The SMILES string of the molecule is CC(Nc1ccc(F)cc1[N+](=O)[O-])c1ccccc1F. The molecule has 0 aromatic heterocycles. The summed E-state index contributed by atoms with van der Waals surface area (Å²) in [5.74, 6) is -1.10. The van der Waals surface area contributed by atoms with E-state index in [0.29, 0.717) is 5.56 Å². The van der Waals surface area contributed by atoms with Crippen molar-refractivity contribution in [2.24, 2.45) is 0 Å². The fraction of sp³-hybridized carbons (Fsp3) is 0.143. The van der Waals surface area contributed by atoms with E-state index in [9.17, 15) is 18.9 Å². The molecule has 2 rings (SSSR count). The van der Waals surface area contributed by atoms with E-state index in [-0.39, 0.29) is 11.4 Å². The Morgan fingerprint density at radius 1 is 1.20 bits per heavy atom. The van der Waals surface area contributed by atoms with Crippen LogP contribution in [0, 0.1) is 21.7 Å². The second-order valence-corrected chi connectivity index (χ2v) is 4.31. The molecule has 0 aliphatic carbocycles. The standard InChI is InChI=1S/C14H12F2N2O2/c1-9(11-4-2-3-5-12(11)16)17-13-7-6-10(15)8-14(13)18(19)20/h2-9,17H,1H3. The van der Waals surface area contributed by atoms with E-state index in [2.05, 4.69) is 5.32 Å². The van der Waals surface area contributed by atoms with Crippen LogP contribution in [0.4, 0.5) is 20.2 Å². The van der Waals surface area contributed by atoms with E-state index < -0.39 is 22.6 Å². The van der Waals surface area contributed by atoms with Crippen LogP contribution in [0.2, 0.25) is 0 Å². The highest BCUT2D eigenvalue weighted by Crippen LogP contribution is 2.29. The summed E-state index contributed by atoms with van der Waals surface area (Å²) in [6.45, 7) is 1.67. The van der Waals surface area contributed by atoms with E-state index in [1.165, 1.54) is 12.1 Å². The van der Waals surface area contributed by atoms with Crippen LogP contribution < -0.4 is 5.32 Å². The normalized spacial score (nSPS) is 11.9. The van der Waals surface area contributed by atoms with Crippen molar-refractivity contribution in [2.75, 3.05) is 5.32 Å². The van der Waals surface area contributed by atoms with Crippen molar-refractivity contribution < 1.29 is 13.7 Å². The van der Waals surface area contributed by atoms with Crippen LogP contribution in [0.3, 0.4) is 0 Å². The van der Waals surface area contributed by atoms with Crippen LogP contribution in [0.15, 0.2) is 42.5 Å². The molecule has 104 valence electrons. The number of nitro groups is 1. The molecule has 2 aromatic carbocycles. The molecule has 20 heavy (non-hydrogen) atoms. The number of hydrogen-bond acceptors (Lipinski definition) is 3. The van der Waals surface area contributed by atoms with Gasteiger partial charge in [-0.25, -0.2) is 8.78 Å². The minimum absolute atomic E-state index is 0.146. The highest BCUT2D eigenvalue weighted by Gasteiger charge is 2.18. The van der Waals surface area contributed by atoms with Gasteiger partial charge in [0.05, 0.1) is 17.0 Å². The van der Waals surface area contributed by atoms with Crippen LogP contribution in [0.1, 0.15) is 18.5 Å². The maximum absolute atomic E-state index is 13.6. The van der Waals surface area contributed by atoms with Crippen LogP contribution in [-0.4, -0.2) is 4.92 Å². The Bertz CT molecular complexity index is 647. The first kappa shape index (κ1) is 13.9. The van der Waals surface area contributed by atoms with Gasteiger partial charge >= 0.3 is 0 Å². The topological polar surface area (TPSA) is 55.2 Å². The lowest BCUT2D eigenvalue weighted by molar-refractivity contribution is -0.384. The van der Waals surface area contributed by atoms with Crippen LogP contribution >= 0.6 is 0 Å². The molecule has 0 fully saturated rings. The van der Waals surface area contributed by atoms with Crippen molar-refractivity contribution in [1.29, 1.82) is 0 Å². The number of rotatable bonds is 4. The van der Waals surface area contributed by atoms with Gasteiger partial charge in [-0.15, -0.1) is 0 Å². The van der Waals surface area contributed by atoms with Gasteiger partial charge in [-0.05, 0) is 25.1 Å². The fourth-order valence-corrected chi connectivity index (χ4v) is 1.92. The van der Waals surface area contributed by atoms with Crippen molar-refractivity contribution >= 4 is 11.4 Å². The molecule has 0 saturated heterocycles. The Morgan fingerprint density at radius 3 is 2.55 bits per heavy atom. The predicted octanol–water partition coefficient (Wildman–Crippen LogP) is 4.05. The number of nitro benzene ring substituents is 1. The molecule has 0 aliphatic heterocycles. The summed E-state index contributed by atoms with van der Waals surface area (Å²) in [6.07, 6.45) is 0. The summed E-state index contributed by atoms with van der Waals surface area (Å²) in [7, 11) is 0. The van der Waals surface area contributed by atoms with Crippen LogP contribution in [-0.2, 0) is 0 Å². The molecule has 2 aromatic rings. The molecule has 4 nitrogen and oxygen atoms in total. The molecule has 6 heteroatoms. The van der Waals surface area contributed by atoms with Gasteiger partial charge in [0.1, 0.15) is 17.3 Å². The van der Waals surface area contributed by atoms with Gasteiger partial charge in [-0.3, -0.25) is 10.1 Å². The van der Waals surface area contributed by atoms with Gasteiger partial charge in [0.15, 0.2) is 0 Å². The number of halogens is 2. The summed E-state index contributed by atoms with van der Waals surface area (Å²) in [5.41, 5.74) is 0.145. The molecule has 0 radical (unpaired) electrons. The molecule has 0 heterocycles. The minimum Gasteiger partial charge on any atom is -0.373 e. The third kappa shape index (κ3) is 2.90. The summed E-state index contributed by atoms with van der Waals surface area (Å²) in [5, 5.41) is 13.7.